The number of hydrogen-bond donors (Lipinski definition) is 1. The Balaban J connectivity index is 1.79. The molecular weight excluding hydrogens is 294 g/mol. The van der Waals surface area contributed by atoms with E-state index in [4.69, 9.17) is 11.6 Å². The number of rotatable bonds is 1. The maximum absolute atomic E-state index is 12.7. The van der Waals surface area contributed by atoms with Crippen LogP contribution in [0, 0.1) is 0 Å². The zero-order valence-electron chi connectivity index (χ0n) is 11.8. The second kappa shape index (κ2) is 5.15. The average Bonchev–Trinajstić information content (AvgIpc) is 2.55. The molecule has 22 heavy (non-hydrogen) atoms. The van der Waals surface area contributed by atoms with Gasteiger partial charge in [0, 0.05) is 22.7 Å². The Kier molecular flexibility index (Phi) is 3.12. The standard InChI is InChI=1S/C19H14ClNO/c20-14-8-5-13(6-9-14)17-11-18(22)19-15-4-2-1-3-12(15)7-10-16(19)21-17/h1-10,17,21H,11H2. The second-order valence-corrected chi connectivity index (χ2v) is 6.02. The van der Waals surface area contributed by atoms with Crippen LogP contribution in [0.4, 0.5) is 5.69 Å². The Bertz CT molecular complexity index is 870. The van der Waals surface area contributed by atoms with Crippen molar-refractivity contribution in [2.45, 2.75) is 12.5 Å². The van der Waals surface area contributed by atoms with Crippen LogP contribution in [-0.4, -0.2) is 5.78 Å². The third-order valence-corrected chi connectivity index (χ3v) is 4.45. The lowest BCUT2D eigenvalue weighted by atomic mass is 9.89. The molecule has 2 nitrogen and oxygen atoms in total. The number of benzene rings is 3. The molecule has 3 heteroatoms. The summed E-state index contributed by atoms with van der Waals surface area (Å²) in [4.78, 5) is 12.7. The summed E-state index contributed by atoms with van der Waals surface area (Å²) in [6.45, 7) is 0. The van der Waals surface area contributed by atoms with E-state index < -0.39 is 0 Å². The van der Waals surface area contributed by atoms with Gasteiger partial charge in [-0.3, -0.25) is 4.79 Å². The predicted octanol–water partition coefficient (Wildman–Crippen LogP) is 5.23. The number of nitrogens with one attached hydrogen (secondary N) is 1. The van der Waals surface area contributed by atoms with Gasteiger partial charge in [0.1, 0.15) is 0 Å². The van der Waals surface area contributed by atoms with Crippen molar-refractivity contribution in [3.8, 4) is 0 Å². The molecule has 0 spiro atoms. The Morgan fingerprint density at radius 3 is 2.55 bits per heavy atom. The van der Waals surface area contributed by atoms with Gasteiger partial charge in [-0.05, 0) is 34.5 Å². The molecule has 0 radical (unpaired) electrons. The first-order chi connectivity index (χ1) is 10.7. The lowest BCUT2D eigenvalue weighted by molar-refractivity contribution is 0.0974. The fourth-order valence-corrected chi connectivity index (χ4v) is 3.24. The van der Waals surface area contributed by atoms with Crippen LogP contribution in [0.1, 0.15) is 28.4 Å². The smallest absolute Gasteiger partial charge is 0.167 e. The van der Waals surface area contributed by atoms with Crippen LogP contribution in [0.3, 0.4) is 0 Å². The van der Waals surface area contributed by atoms with Gasteiger partial charge in [-0.2, -0.15) is 0 Å². The van der Waals surface area contributed by atoms with Gasteiger partial charge in [0.2, 0.25) is 0 Å². The van der Waals surface area contributed by atoms with Gasteiger partial charge in [0.05, 0.1) is 6.04 Å². The molecule has 3 aromatic rings. The van der Waals surface area contributed by atoms with Crippen LogP contribution in [-0.2, 0) is 0 Å². The summed E-state index contributed by atoms with van der Waals surface area (Å²) < 4.78 is 0. The van der Waals surface area contributed by atoms with Gasteiger partial charge in [-0.1, -0.05) is 54.1 Å². The third kappa shape index (κ3) is 2.16. The van der Waals surface area contributed by atoms with Crippen molar-refractivity contribution in [2.75, 3.05) is 5.32 Å². The molecule has 0 aliphatic carbocycles. The lowest BCUT2D eigenvalue weighted by Gasteiger charge is -2.27. The molecule has 1 aliphatic rings. The lowest BCUT2D eigenvalue weighted by Crippen LogP contribution is -2.23. The maximum Gasteiger partial charge on any atom is 0.167 e. The fraction of sp³-hybridized carbons (Fsp3) is 0.105. The third-order valence-electron chi connectivity index (χ3n) is 4.20. The average molecular weight is 308 g/mol. The summed E-state index contributed by atoms with van der Waals surface area (Å²) in [6, 6.07) is 19.7. The largest absolute Gasteiger partial charge is 0.377 e. The van der Waals surface area contributed by atoms with E-state index in [1.54, 1.807) is 0 Å². The van der Waals surface area contributed by atoms with Crippen molar-refractivity contribution >= 4 is 33.8 Å². The number of ketones is 1. The van der Waals surface area contributed by atoms with E-state index in [9.17, 15) is 4.79 Å². The van der Waals surface area contributed by atoms with E-state index >= 15 is 0 Å². The predicted molar refractivity (Wildman–Crippen MR) is 90.7 cm³/mol. The SMILES string of the molecule is O=C1CC(c2ccc(Cl)cc2)Nc2ccc3ccccc3c21. The van der Waals surface area contributed by atoms with Gasteiger partial charge < -0.3 is 5.32 Å². The van der Waals surface area contributed by atoms with E-state index in [2.05, 4.69) is 11.4 Å². The summed E-state index contributed by atoms with van der Waals surface area (Å²) in [5.74, 6) is 0.186. The number of carbonyl (C=O) groups excluding carboxylic acids is 1. The van der Waals surface area contributed by atoms with Gasteiger partial charge >= 0.3 is 0 Å². The Hall–Kier alpha value is -2.32. The summed E-state index contributed by atoms with van der Waals surface area (Å²) in [6.07, 6.45) is 0.461. The molecule has 1 unspecified atom stereocenters. The molecule has 0 saturated carbocycles. The highest BCUT2D eigenvalue weighted by Gasteiger charge is 2.27. The molecule has 0 bridgehead atoms. The van der Waals surface area contributed by atoms with Crippen LogP contribution in [0.15, 0.2) is 60.7 Å². The molecule has 1 N–H and O–H groups in total. The van der Waals surface area contributed by atoms with Gasteiger partial charge in [-0.15, -0.1) is 0 Å². The van der Waals surface area contributed by atoms with Crippen molar-refractivity contribution in [1.82, 2.24) is 0 Å². The van der Waals surface area contributed by atoms with E-state index in [1.165, 1.54) is 0 Å². The molecule has 3 aromatic carbocycles. The van der Waals surface area contributed by atoms with E-state index in [-0.39, 0.29) is 11.8 Å². The monoisotopic (exact) mass is 307 g/mol. The summed E-state index contributed by atoms with van der Waals surface area (Å²) in [5, 5.41) is 6.32. The van der Waals surface area contributed by atoms with E-state index in [1.807, 2.05) is 54.6 Å². The highest BCUT2D eigenvalue weighted by Crippen LogP contribution is 2.36. The minimum absolute atomic E-state index is 0.00145. The topological polar surface area (TPSA) is 29.1 Å². The maximum atomic E-state index is 12.7. The number of Topliss-reactive ketones (excluding diaryl/α,β-unsaturated/α-hetero) is 1. The van der Waals surface area contributed by atoms with Crippen LogP contribution >= 0.6 is 11.6 Å². The summed E-state index contributed by atoms with van der Waals surface area (Å²) >= 11 is 5.94. The number of carbonyl (C=O) groups is 1. The van der Waals surface area contributed by atoms with Crippen molar-refractivity contribution in [3.05, 3.63) is 76.8 Å². The zero-order valence-corrected chi connectivity index (χ0v) is 12.6. The van der Waals surface area contributed by atoms with Crippen LogP contribution < -0.4 is 5.32 Å². The summed E-state index contributed by atoms with van der Waals surface area (Å²) in [7, 11) is 0. The molecule has 0 aromatic heterocycles. The van der Waals surface area contributed by atoms with Crippen LogP contribution in [0.2, 0.25) is 5.02 Å². The molecule has 108 valence electrons. The summed E-state index contributed by atoms with van der Waals surface area (Å²) in [5.41, 5.74) is 2.80. The van der Waals surface area contributed by atoms with Crippen molar-refractivity contribution in [3.63, 3.8) is 0 Å². The molecular formula is C19H14ClNO. The van der Waals surface area contributed by atoms with Gasteiger partial charge in [0.15, 0.2) is 5.78 Å². The normalized spacial score (nSPS) is 17.1. The van der Waals surface area contributed by atoms with E-state index in [0.29, 0.717) is 11.4 Å². The number of anilines is 1. The molecule has 4 rings (SSSR count). The number of fused-ring (bicyclic) bond motifs is 3. The first kappa shape index (κ1) is 13.4. The van der Waals surface area contributed by atoms with Crippen molar-refractivity contribution < 1.29 is 4.79 Å². The Morgan fingerprint density at radius 2 is 1.73 bits per heavy atom. The highest BCUT2D eigenvalue weighted by atomic mass is 35.5. The van der Waals surface area contributed by atoms with Gasteiger partial charge in [-0.25, -0.2) is 0 Å². The molecule has 1 heterocycles. The molecule has 1 aliphatic heterocycles. The number of halogens is 1. The molecule has 0 amide bonds. The second-order valence-electron chi connectivity index (χ2n) is 5.59. The Labute approximate surface area is 133 Å². The zero-order chi connectivity index (χ0) is 15.1. The van der Waals surface area contributed by atoms with E-state index in [0.717, 1.165) is 27.6 Å². The van der Waals surface area contributed by atoms with Crippen LogP contribution in [0.5, 0.6) is 0 Å². The first-order valence-electron chi connectivity index (χ1n) is 7.29. The molecule has 0 saturated heterocycles. The fourth-order valence-electron chi connectivity index (χ4n) is 3.11. The van der Waals surface area contributed by atoms with Gasteiger partial charge in [0.25, 0.3) is 0 Å². The minimum atomic E-state index is -0.00145. The highest BCUT2D eigenvalue weighted by molar-refractivity contribution is 6.30. The minimum Gasteiger partial charge on any atom is -0.377 e. The van der Waals surface area contributed by atoms with Crippen LogP contribution in [0.25, 0.3) is 10.8 Å². The molecule has 0 fully saturated rings. The Morgan fingerprint density at radius 1 is 0.955 bits per heavy atom. The van der Waals surface area contributed by atoms with Crippen molar-refractivity contribution in [1.29, 1.82) is 0 Å². The van der Waals surface area contributed by atoms with Crippen molar-refractivity contribution in [2.24, 2.45) is 0 Å². The number of hydrogen-bond acceptors (Lipinski definition) is 2. The molecule has 1 atom stereocenters. The first-order valence-corrected chi connectivity index (χ1v) is 7.67. The quantitative estimate of drug-likeness (QED) is 0.666.